The van der Waals surface area contributed by atoms with Crippen LogP contribution < -0.4 is 5.32 Å². The summed E-state index contributed by atoms with van der Waals surface area (Å²) in [6.45, 7) is 4.87. The van der Waals surface area contributed by atoms with E-state index in [1.165, 1.54) is 13.0 Å². The van der Waals surface area contributed by atoms with Crippen LogP contribution in [0.15, 0.2) is 46.8 Å². The minimum atomic E-state index is -4.82. The molecule has 0 amide bonds. The highest BCUT2D eigenvalue weighted by atomic mass is 19.4. The van der Waals surface area contributed by atoms with Crippen LogP contribution >= 0.6 is 0 Å². The van der Waals surface area contributed by atoms with Gasteiger partial charge in [-0.1, -0.05) is 18.2 Å². The average Bonchev–Trinajstić information content (AvgIpc) is 2.65. The van der Waals surface area contributed by atoms with Crippen molar-refractivity contribution in [2.45, 2.75) is 39.2 Å². The third-order valence-corrected chi connectivity index (χ3v) is 4.50. The van der Waals surface area contributed by atoms with E-state index in [9.17, 15) is 33.0 Å². The van der Waals surface area contributed by atoms with E-state index < -0.39 is 52.6 Å². The van der Waals surface area contributed by atoms with Gasteiger partial charge >= 0.3 is 18.1 Å². The highest BCUT2D eigenvalue weighted by molar-refractivity contribution is 5.98. The summed E-state index contributed by atoms with van der Waals surface area (Å²) in [6.07, 6.45) is -6.04. The maximum Gasteiger partial charge on any atom is 0.416 e. The zero-order chi connectivity index (χ0) is 22.6. The maximum atomic E-state index is 13.7. The number of allylic oxidation sites excluding steroid dienone is 1. The molecule has 0 spiro atoms. The molecule has 1 aliphatic heterocycles. The van der Waals surface area contributed by atoms with Gasteiger partial charge in [0.15, 0.2) is 6.29 Å². The number of nitrogens with one attached hydrogen (secondary N) is 1. The van der Waals surface area contributed by atoms with Gasteiger partial charge in [-0.2, -0.15) is 13.2 Å². The number of carboxylic acid groups (broad SMARTS) is 2. The van der Waals surface area contributed by atoms with Crippen molar-refractivity contribution in [2.75, 3.05) is 13.2 Å². The van der Waals surface area contributed by atoms with E-state index in [1.54, 1.807) is 13.8 Å². The van der Waals surface area contributed by atoms with Crippen molar-refractivity contribution in [3.05, 3.63) is 57.9 Å². The van der Waals surface area contributed by atoms with Crippen molar-refractivity contribution in [3.63, 3.8) is 0 Å². The molecule has 0 aromatic heterocycles. The summed E-state index contributed by atoms with van der Waals surface area (Å²) >= 11 is 0. The first-order chi connectivity index (χ1) is 14.0. The van der Waals surface area contributed by atoms with Crippen LogP contribution in [0.5, 0.6) is 0 Å². The second-order valence-electron chi connectivity index (χ2n) is 6.36. The lowest BCUT2D eigenvalue weighted by molar-refractivity contribution is -0.140. The average molecular weight is 429 g/mol. The van der Waals surface area contributed by atoms with Crippen LogP contribution in [0.1, 0.15) is 37.8 Å². The Morgan fingerprint density at radius 3 is 2.07 bits per heavy atom. The van der Waals surface area contributed by atoms with Crippen LogP contribution in [-0.2, 0) is 25.2 Å². The van der Waals surface area contributed by atoms with Gasteiger partial charge in [-0.25, -0.2) is 9.59 Å². The van der Waals surface area contributed by atoms with Gasteiger partial charge in [-0.15, -0.1) is 0 Å². The molecule has 0 fully saturated rings. The molecule has 0 saturated carbocycles. The summed E-state index contributed by atoms with van der Waals surface area (Å²) in [6, 6.07) is 4.31. The third kappa shape index (κ3) is 4.65. The van der Waals surface area contributed by atoms with Crippen molar-refractivity contribution in [1.29, 1.82) is 0 Å². The van der Waals surface area contributed by atoms with Crippen LogP contribution in [0.2, 0.25) is 0 Å². The number of aliphatic carboxylic acids is 2. The van der Waals surface area contributed by atoms with Gasteiger partial charge in [0, 0.05) is 18.9 Å². The van der Waals surface area contributed by atoms with Gasteiger partial charge in [-0.05, 0) is 32.4 Å². The molecule has 0 radical (unpaired) electrons. The Balaban J connectivity index is 2.87. The zero-order valence-electron chi connectivity index (χ0n) is 16.5. The van der Waals surface area contributed by atoms with Gasteiger partial charge in [0.2, 0.25) is 0 Å². The Morgan fingerprint density at radius 2 is 1.60 bits per heavy atom. The fourth-order valence-electron chi connectivity index (χ4n) is 3.40. The molecule has 1 aliphatic rings. The quantitative estimate of drug-likeness (QED) is 0.544. The molecular weight excluding hydrogens is 407 g/mol. The van der Waals surface area contributed by atoms with E-state index >= 15 is 0 Å². The number of rotatable bonds is 8. The predicted molar refractivity (Wildman–Crippen MR) is 99.4 cm³/mol. The fourth-order valence-corrected chi connectivity index (χ4v) is 3.40. The number of benzene rings is 1. The topological polar surface area (TPSA) is 105 Å². The van der Waals surface area contributed by atoms with E-state index in [2.05, 4.69) is 5.32 Å². The lowest BCUT2D eigenvalue weighted by atomic mass is 9.78. The molecule has 1 aromatic rings. The number of hydrogen-bond acceptors (Lipinski definition) is 5. The van der Waals surface area contributed by atoms with Crippen LogP contribution in [0, 0.1) is 0 Å². The maximum absolute atomic E-state index is 13.7. The lowest BCUT2D eigenvalue weighted by Crippen LogP contribution is -2.39. The second-order valence-corrected chi connectivity index (χ2v) is 6.36. The molecule has 1 atom stereocenters. The molecule has 2 rings (SSSR count). The molecular formula is C20H22F3NO6. The van der Waals surface area contributed by atoms with Crippen molar-refractivity contribution < 1.29 is 42.4 Å². The number of alkyl halides is 3. The van der Waals surface area contributed by atoms with Gasteiger partial charge < -0.3 is 25.0 Å². The van der Waals surface area contributed by atoms with E-state index in [0.29, 0.717) is 0 Å². The molecule has 1 aromatic carbocycles. The Hall–Kier alpha value is -2.85. The summed E-state index contributed by atoms with van der Waals surface area (Å²) in [7, 11) is 0. The van der Waals surface area contributed by atoms with Crippen molar-refractivity contribution in [1.82, 2.24) is 5.32 Å². The summed E-state index contributed by atoms with van der Waals surface area (Å²) < 4.78 is 51.8. The van der Waals surface area contributed by atoms with Gasteiger partial charge in [0.25, 0.3) is 0 Å². The number of carbonyl (C=O) groups is 2. The highest BCUT2D eigenvalue weighted by Crippen LogP contribution is 2.44. The largest absolute Gasteiger partial charge is 0.478 e. The smallest absolute Gasteiger partial charge is 0.416 e. The summed E-state index contributed by atoms with van der Waals surface area (Å²) in [5.41, 5.74) is -2.83. The zero-order valence-corrected chi connectivity index (χ0v) is 16.5. The number of dihydropyridines is 1. The SMILES string of the molecule is CCOC(OCC)C1=C(C(=O)O)C(c2ccccc2C(F)(F)F)C(C(=O)O)=C(C)N1. The van der Waals surface area contributed by atoms with Crippen LogP contribution in [0.25, 0.3) is 0 Å². The molecule has 3 N–H and O–H groups in total. The van der Waals surface area contributed by atoms with E-state index in [-0.39, 0.29) is 24.6 Å². The molecule has 10 heteroatoms. The first-order valence-electron chi connectivity index (χ1n) is 9.12. The predicted octanol–water partition coefficient (Wildman–Crippen LogP) is 3.49. The molecule has 7 nitrogen and oxygen atoms in total. The Bertz CT molecular complexity index is 885. The molecule has 1 heterocycles. The number of ether oxygens (including phenoxy) is 2. The highest BCUT2D eigenvalue weighted by Gasteiger charge is 2.44. The number of carboxylic acids is 2. The standard InChI is InChI=1S/C20H22F3NO6/c1-4-29-19(30-5-2)16-15(18(27)28)14(13(17(25)26)10(3)24-16)11-8-6-7-9-12(11)20(21,22)23/h6-9,14,19,24H,4-5H2,1-3H3,(H,25,26)(H,27,28). The van der Waals surface area contributed by atoms with E-state index in [0.717, 1.165) is 18.2 Å². The molecule has 164 valence electrons. The first kappa shape index (κ1) is 23.4. The van der Waals surface area contributed by atoms with Gasteiger partial charge in [0.1, 0.15) is 0 Å². The summed E-state index contributed by atoms with van der Waals surface area (Å²) in [5.74, 6) is -4.82. The molecule has 0 saturated heterocycles. The number of hydrogen-bond donors (Lipinski definition) is 3. The molecule has 0 aliphatic carbocycles. The summed E-state index contributed by atoms with van der Waals surface area (Å²) in [4.78, 5) is 24.1. The van der Waals surface area contributed by atoms with Crippen molar-refractivity contribution in [3.8, 4) is 0 Å². The Morgan fingerprint density at radius 1 is 1.07 bits per heavy atom. The van der Waals surface area contributed by atoms with Crippen molar-refractivity contribution in [2.24, 2.45) is 0 Å². The van der Waals surface area contributed by atoms with E-state index in [4.69, 9.17) is 9.47 Å². The molecule has 30 heavy (non-hydrogen) atoms. The van der Waals surface area contributed by atoms with Crippen LogP contribution in [-0.4, -0.2) is 41.7 Å². The minimum Gasteiger partial charge on any atom is -0.478 e. The fraction of sp³-hybridized carbons (Fsp3) is 0.400. The lowest BCUT2D eigenvalue weighted by Gasteiger charge is -2.33. The van der Waals surface area contributed by atoms with E-state index in [1.807, 2.05) is 0 Å². The third-order valence-electron chi connectivity index (χ3n) is 4.50. The van der Waals surface area contributed by atoms with Crippen molar-refractivity contribution >= 4 is 11.9 Å². The second kappa shape index (κ2) is 9.31. The Labute approximate surface area is 170 Å². The van der Waals surface area contributed by atoms with Gasteiger partial charge in [0.05, 0.1) is 28.3 Å². The number of halogens is 3. The van der Waals surface area contributed by atoms with Gasteiger partial charge in [-0.3, -0.25) is 0 Å². The van der Waals surface area contributed by atoms with Crippen LogP contribution in [0.4, 0.5) is 13.2 Å². The monoisotopic (exact) mass is 429 g/mol. The Kier molecular flexibility index (Phi) is 7.27. The molecule has 0 bridgehead atoms. The first-order valence-corrected chi connectivity index (χ1v) is 9.12. The summed E-state index contributed by atoms with van der Waals surface area (Å²) in [5, 5.41) is 22.3. The molecule has 1 unspecified atom stereocenters. The normalized spacial score (nSPS) is 17.4. The van der Waals surface area contributed by atoms with Crippen LogP contribution in [0.3, 0.4) is 0 Å². The minimum absolute atomic E-state index is 0.00566.